The Hall–Kier alpha value is -0.770. The average molecular weight is 283 g/mol. The highest BCUT2D eigenvalue weighted by molar-refractivity contribution is 5.73. The molecule has 0 aromatic carbocycles. The van der Waals surface area contributed by atoms with Crippen LogP contribution in [0.15, 0.2) is 0 Å². The van der Waals surface area contributed by atoms with E-state index >= 15 is 0 Å². The van der Waals surface area contributed by atoms with Crippen LogP contribution in [0.3, 0.4) is 0 Å². The quantitative estimate of drug-likeness (QED) is 0.762. The standard InChI is InChI=1S/C16H33N3O/c1-13-9-14(2)11-19(10-13)8-6-7-17-15(20)18-12-16(3,4)5/h13-14H,6-12H2,1-5H3,(H2,17,18,20). The van der Waals surface area contributed by atoms with E-state index < -0.39 is 0 Å². The molecular weight excluding hydrogens is 250 g/mol. The molecule has 4 heteroatoms. The second-order valence-corrected chi connectivity index (χ2v) is 7.73. The van der Waals surface area contributed by atoms with Gasteiger partial charge in [-0.3, -0.25) is 0 Å². The third-order valence-electron chi connectivity index (χ3n) is 3.66. The molecule has 0 spiro atoms. The Morgan fingerprint density at radius 1 is 1.15 bits per heavy atom. The topological polar surface area (TPSA) is 44.4 Å². The molecule has 20 heavy (non-hydrogen) atoms. The van der Waals surface area contributed by atoms with E-state index in [9.17, 15) is 4.79 Å². The predicted molar refractivity (Wildman–Crippen MR) is 84.9 cm³/mol. The number of carbonyl (C=O) groups is 1. The summed E-state index contributed by atoms with van der Waals surface area (Å²) in [7, 11) is 0. The van der Waals surface area contributed by atoms with Crippen molar-refractivity contribution in [3.8, 4) is 0 Å². The first kappa shape index (κ1) is 17.3. The van der Waals surface area contributed by atoms with Crippen molar-refractivity contribution in [2.75, 3.05) is 32.7 Å². The minimum absolute atomic E-state index is 0.0414. The number of nitrogens with zero attached hydrogens (tertiary/aromatic N) is 1. The van der Waals surface area contributed by atoms with Gasteiger partial charge in [-0.15, -0.1) is 0 Å². The fourth-order valence-electron chi connectivity index (χ4n) is 2.89. The zero-order chi connectivity index (χ0) is 15.2. The van der Waals surface area contributed by atoms with E-state index in [0.717, 1.165) is 31.3 Å². The fourth-order valence-corrected chi connectivity index (χ4v) is 2.89. The van der Waals surface area contributed by atoms with Crippen molar-refractivity contribution in [3.05, 3.63) is 0 Å². The van der Waals surface area contributed by atoms with Crippen LogP contribution in [0.1, 0.15) is 47.5 Å². The lowest BCUT2D eigenvalue weighted by atomic mass is 9.92. The minimum atomic E-state index is -0.0414. The number of piperidine rings is 1. The van der Waals surface area contributed by atoms with Crippen LogP contribution in [0.25, 0.3) is 0 Å². The molecule has 1 saturated heterocycles. The van der Waals surface area contributed by atoms with E-state index in [4.69, 9.17) is 0 Å². The third-order valence-corrected chi connectivity index (χ3v) is 3.66. The number of likely N-dealkylation sites (tertiary alicyclic amines) is 1. The number of hydrogen-bond acceptors (Lipinski definition) is 2. The Balaban J connectivity index is 2.08. The molecule has 4 nitrogen and oxygen atoms in total. The number of urea groups is 1. The number of amides is 2. The summed E-state index contributed by atoms with van der Waals surface area (Å²) in [5.74, 6) is 1.61. The first-order valence-electron chi connectivity index (χ1n) is 8.00. The van der Waals surface area contributed by atoms with Crippen molar-refractivity contribution >= 4 is 6.03 Å². The molecular formula is C16H33N3O. The second kappa shape index (κ2) is 7.87. The Morgan fingerprint density at radius 3 is 2.30 bits per heavy atom. The highest BCUT2D eigenvalue weighted by Gasteiger charge is 2.21. The Morgan fingerprint density at radius 2 is 1.75 bits per heavy atom. The molecule has 1 aliphatic rings. The molecule has 0 aromatic rings. The Kier molecular flexibility index (Phi) is 6.80. The summed E-state index contributed by atoms with van der Waals surface area (Å²) in [6, 6.07) is -0.0414. The van der Waals surface area contributed by atoms with Crippen molar-refractivity contribution in [1.29, 1.82) is 0 Å². The van der Waals surface area contributed by atoms with Gasteiger partial charge in [-0.1, -0.05) is 34.6 Å². The Labute approximate surface area is 124 Å². The zero-order valence-corrected chi connectivity index (χ0v) is 14.0. The molecule has 0 bridgehead atoms. The summed E-state index contributed by atoms with van der Waals surface area (Å²) in [5.41, 5.74) is 0.136. The molecule has 0 saturated carbocycles. The highest BCUT2D eigenvalue weighted by atomic mass is 16.2. The van der Waals surface area contributed by atoms with Gasteiger partial charge < -0.3 is 15.5 Å². The van der Waals surface area contributed by atoms with E-state index in [-0.39, 0.29) is 11.4 Å². The van der Waals surface area contributed by atoms with E-state index in [1.165, 1.54) is 19.5 Å². The summed E-state index contributed by atoms with van der Waals surface area (Å²) < 4.78 is 0. The molecule has 118 valence electrons. The van der Waals surface area contributed by atoms with Gasteiger partial charge in [-0.25, -0.2) is 4.79 Å². The number of rotatable bonds is 5. The van der Waals surface area contributed by atoms with Gasteiger partial charge in [0.2, 0.25) is 0 Å². The monoisotopic (exact) mass is 283 g/mol. The zero-order valence-electron chi connectivity index (χ0n) is 14.0. The molecule has 0 aromatic heterocycles. The number of nitrogens with one attached hydrogen (secondary N) is 2. The lowest BCUT2D eigenvalue weighted by Gasteiger charge is -2.34. The molecule has 1 fully saturated rings. The first-order chi connectivity index (χ1) is 9.26. The van der Waals surface area contributed by atoms with Gasteiger partial charge in [0, 0.05) is 26.2 Å². The minimum Gasteiger partial charge on any atom is -0.338 e. The molecule has 0 aliphatic carbocycles. The van der Waals surface area contributed by atoms with Crippen molar-refractivity contribution in [2.24, 2.45) is 17.3 Å². The van der Waals surface area contributed by atoms with Gasteiger partial charge in [-0.05, 0) is 36.6 Å². The molecule has 2 N–H and O–H groups in total. The molecule has 0 radical (unpaired) electrons. The van der Waals surface area contributed by atoms with E-state index in [1.54, 1.807) is 0 Å². The summed E-state index contributed by atoms with van der Waals surface area (Å²) in [6.45, 7) is 16.0. The van der Waals surface area contributed by atoms with Crippen LogP contribution in [0, 0.1) is 17.3 Å². The SMILES string of the molecule is CC1CC(C)CN(CCCNC(=O)NCC(C)(C)C)C1. The maximum atomic E-state index is 11.6. The molecule has 2 unspecified atom stereocenters. The summed E-state index contributed by atoms with van der Waals surface area (Å²) >= 11 is 0. The van der Waals surface area contributed by atoms with Crippen molar-refractivity contribution in [3.63, 3.8) is 0 Å². The van der Waals surface area contributed by atoms with Crippen LogP contribution in [0.4, 0.5) is 4.79 Å². The van der Waals surface area contributed by atoms with Crippen molar-refractivity contribution in [1.82, 2.24) is 15.5 Å². The average Bonchev–Trinajstić information content (AvgIpc) is 2.30. The molecule has 2 amide bonds. The molecule has 1 aliphatic heterocycles. The predicted octanol–water partition coefficient (Wildman–Crippen LogP) is 2.70. The smallest absolute Gasteiger partial charge is 0.314 e. The molecule has 2 atom stereocenters. The van der Waals surface area contributed by atoms with Gasteiger partial charge in [0.25, 0.3) is 0 Å². The third kappa shape index (κ3) is 7.73. The van der Waals surface area contributed by atoms with Crippen LogP contribution < -0.4 is 10.6 Å². The van der Waals surface area contributed by atoms with Gasteiger partial charge in [-0.2, -0.15) is 0 Å². The summed E-state index contributed by atoms with van der Waals surface area (Å²) in [6.07, 6.45) is 2.38. The maximum Gasteiger partial charge on any atom is 0.314 e. The normalized spacial score (nSPS) is 24.4. The lowest BCUT2D eigenvalue weighted by molar-refractivity contribution is 0.139. The van der Waals surface area contributed by atoms with Crippen LogP contribution in [0.5, 0.6) is 0 Å². The highest BCUT2D eigenvalue weighted by Crippen LogP contribution is 2.20. The first-order valence-corrected chi connectivity index (χ1v) is 8.00. The van der Waals surface area contributed by atoms with E-state index in [2.05, 4.69) is 50.2 Å². The lowest BCUT2D eigenvalue weighted by Crippen LogP contribution is -2.42. The summed E-state index contributed by atoms with van der Waals surface area (Å²) in [5, 5.41) is 5.85. The van der Waals surface area contributed by atoms with Gasteiger partial charge >= 0.3 is 6.03 Å². The largest absolute Gasteiger partial charge is 0.338 e. The van der Waals surface area contributed by atoms with Crippen molar-refractivity contribution < 1.29 is 4.79 Å². The van der Waals surface area contributed by atoms with Gasteiger partial charge in [0.15, 0.2) is 0 Å². The number of hydrogen-bond donors (Lipinski definition) is 2. The Bertz CT molecular complexity index is 289. The van der Waals surface area contributed by atoms with E-state index in [1.807, 2.05) is 0 Å². The van der Waals surface area contributed by atoms with Gasteiger partial charge in [0.05, 0.1) is 0 Å². The fraction of sp³-hybridized carbons (Fsp3) is 0.938. The van der Waals surface area contributed by atoms with Crippen LogP contribution >= 0.6 is 0 Å². The molecule has 1 heterocycles. The number of carbonyl (C=O) groups excluding carboxylic acids is 1. The van der Waals surface area contributed by atoms with E-state index in [0.29, 0.717) is 6.54 Å². The molecule has 1 rings (SSSR count). The van der Waals surface area contributed by atoms with Crippen LogP contribution in [-0.2, 0) is 0 Å². The summed E-state index contributed by atoms with van der Waals surface area (Å²) in [4.78, 5) is 14.1. The van der Waals surface area contributed by atoms with Gasteiger partial charge in [0.1, 0.15) is 0 Å². The van der Waals surface area contributed by atoms with Crippen molar-refractivity contribution in [2.45, 2.75) is 47.5 Å². The van der Waals surface area contributed by atoms with Crippen LogP contribution in [0.2, 0.25) is 0 Å². The second-order valence-electron chi connectivity index (χ2n) is 7.73. The van der Waals surface area contributed by atoms with Crippen LogP contribution in [-0.4, -0.2) is 43.7 Å². The maximum absolute atomic E-state index is 11.6.